The first-order valence-corrected chi connectivity index (χ1v) is 8.41. The molecule has 23 heavy (non-hydrogen) atoms. The molecule has 1 aliphatic heterocycles. The van der Waals surface area contributed by atoms with Crippen LogP contribution in [0.2, 0.25) is 5.02 Å². The lowest BCUT2D eigenvalue weighted by Gasteiger charge is -2.33. The van der Waals surface area contributed by atoms with Gasteiger partial charge in [0.2, 0.25) is 0 Å². The summed E-state index contributed by atoms with van der Waals surface area (Å²) in [5.41, 5.74) is 3.38. The van der Waals surface area contributed by atoms with Crippen molar-refractivity contribution in [1.29, 1.82) is 0 Å². The average Bonchev–Trinajstić information content (AvgIpc) is 2.52. The number of hydrogen-bond acceptors (Lipinski definition) is 3. The van der Waals surface area contributed by atoms with Crippen molar-refractivity contribution in [3.63, 3.8) is 0 Å². The summed E-state index contributed by atoms with van der Waals surface area (Å²) in [7, 11) is 0. The Balaban J connectivity index is 1.53. The number of hydrogen-bond donors (Lipinski definition) is 2. The largest absolute Gasteiger partial charge is 0.484 e. The van der Waals surface area contributed by atoms with E-state index in [-0.39, 0.29) is 5.60 Å². The molecule has 0 unspecified atom stereocenters. The molecule has 0 radical (unpaired) electrons. The average molecular weight is 331 g/mol. The molecule has 2 N–H and O–H groups in total. The van der Waals surface area contributed by atoms with E-state index in [1.54, 1.807) is 0 Å². The molecule has 1 heterocycles. The van der Waals surface area contributed by atoms with Gasteiger partial charge in [-0.25, -0.2) is 0 Å². The zero-order valence-corrected chi connectivity index (χ0v) is 14.4. The third-order valence-corrected chi connectivity index (χ3v) is 4.37. The van der Waals surface area contributed by atoms with Crippen LogP contribution in [-0.2, 0) is 13.0 Å². The molecule has 3 nitrogen and oxygen atoms in total. The summed E-state index contributed by atoms with van der Waals surface area (Å²) in [6, 6.07) is 14.3. The topological polar surface area (TPSA) is 33.3 Å². The Bertz CT molecular complexity index is 685. The van der Waals surface area contributed by atoms with Crippen molar-refractivity contribution in [2.24, 2.45) is 0 Å². The number of benzene rings is 2. The first kappa shape index (κ1) is 16.2. The van der Waals surface area contributed by atoms with Gasteiger partial charge in [-0.2, -0.15) is 0 Å². The van der Waals surface area contributed by atoms with E-state index < -0.39 is 0 Å². The number of fused-ring (bicyclic) bond motifs is 1. The van der Waals surface area contributed by atoms with Crippen LogP contribution in [0.25, 0.3) is 0 Å². The molecular weight excluding hydrogens is 308 g/mol. The van der Waals surface area contributed by atoms with Crippen molar-refractivity contribution in [3.05, 3.63) is 58.6 Å². The van der Waals surface area contributed by atoms with E-state index in [1.807, 2.05) is 18.2 Å². The molecule has 4 heteroatoms. The maximum Gasteiger partial charge on any atom is 0.143 e. The number of anilines is 1. The SMILES string of the molecule is CC1(C)CNc2cc(CCNCc3ccccc3Cl)ccc2O1. The van der Waals surface area contributed by atoms with E-state index >= 15 is 0 Å². The Labute approximate surface area is 143 Å². The molecule has 2 aromatic carbocycles. The van der Waals surface area contributed by atoms with Crippen molar-refractivity contribution in [2.45, 2.75) is 32.4 Å². The zero-order valence-electron chi connectivity index (χ0n) is 13.7. The molecule has 122 valence electrons. The number of nitrogens with one attached hydrogen (secondary N) is 2. The summed E-state index contributed by atoms with van der Waals surface area (Å²) in [5.74, 6) is 0.939. The normalized spacial score (nSPS) is 15.4. The van der Waals surface area contributed by atoms with Gasteiger partial charge >= 0.3 is 0 Å². The summed E-state index contributed by atoms with van der Waals surface area (Å²) >= 11 is 6.16. The summed E-state index contributed by atoms with van der Waals surface area (Å²) in [6.07, 6.45) is 0.975. The molecular formula is C19H23ClN2O. The second-order valence-corrected chi connectivity index (χ2v) is 6.97. The molecule has 0 aromatic heterocycles. The smallest absolute Gasteiger partial charge is 0.143 e. The van der Waals surface area contributed by atoms with Crippen LogP contribution in [0.4, 0.5) is 5.69 Å². The van der Waals surface area contributed by atoms with Gasteiger partial charge in [0.05, 0.1) is 12.2 Å². The first-order chi connectivity index (χ1) is 11.0. The maximum atomic E-state index is 6.16. The van der Waals surface area contributed by atoms with Crippen molar-refractivity contribution >= 4 is 17.3 Å². The van der Waals surface area contributed by atoms with E-state index in [0.717, 1.165) is 48.1 Å². The van der Waals surface area contributed by atoms with Crippen LogP contribution in [0, 0.1) is 0 Å². The lowest BCUT2D eigenvalue weighted by molar-refractivity contribution is 0.116. The highest BCUT2D eigenvalue weighted by molar-refractivity contribution is 6.31. The van der Waals surface area contributed by atoms with E-state index in [0.29, 0.717) is 0 Å². The second-order valence-electron chi connectivity index (χ2n) is 6.56. The van der Waals surface area contributed by atoms with Gasteiger partial charge in [0.1, 0.15) is 11.4 Å². The molecule has 0 saturated carbocycles. The minimum Gasteiger partial charge on any atom is -0.484 e. The van der Waals surface area contributed by atoms with Gasteiger partial charge in [-0.15, -0.1) is 0 Å². The minimum absolute atomic E-state index is 0.148. The van der Waals surface area contributed by atoms with Crippen LogP contribution in [0.3, 0.4) is 0 Å². The summed E-state index contributed by atoms with van der Waals surface area (Å²) in [6.45, 7) is 6.72. The van der Waals surface area contributed by atoms with Gasteiger partial charge in [0.15, 0.2) is 0 Å². The molecule has 0 fully saturated rings. The van der Waals surface area contributed by atoms with Crippen LogP contribution in [0.15, 0.2) is 42.5 Å². The lowest BCUT2D eigenvalue weighted by atomic mass is 10.0. The molecule has 0 bridgehead atoms. The van der Waals surface area contributed by atoms with Crippen molar-refractivity contribution in [3.8, 4) is 5.75 Å². The minimum atomic E-state index is -0.148. The summed E-state index contributed by atoms with van der Waals surface area (Å²) in [5, 5.41) is 7.72. The van der Waals surface area contributed by atoms with Crippen LogP contribution in [0.1, 0.15) is 25.0 Å². The molecule has 0 aliphatic carbocycles. The monoisotopic (exact) mass is 330 g/mol. The van der Waals surface area contributed by atoms with Gasteiger partial charge in [-0.05, 0) is 56.1 Å². The van der Waals surface area contributed by atoms with Gasteiger partial charge in [-0.1, -0.05) is 35.9 Å². The highest BCUT2D eigenvalue weighted by atomic mass is 35.5. The van der Waals surface area contributed by atoms with Gasteiger partial charge in [-0.3, -0.25) is 0 Å². The Morgan fingerprint density at radius 2 is 2.04 bits per heavy atom. The maximum absolute atomic E-state index is 6.16. The third-order valence-electron chi connectivity index (χ3n) is 4.00. The van der Waals surface area contributed by atoms with E-state index in [9.17, 15) is 0 Å². The van der Waals surface area contributed by atoms with Crippen LogP contribution < -0.4 is 15.4 Å². The third kappa shape index (κ3) is 4.18. The lowest BCUT2D eigenvalue weighted by Crippen LogP contribution is -2.40. The quantitative estimate of drug-likeness (QED) is 0.804. The fourth-order valence-corrected chi connectivity index (χ4v) is 2.90. The van der Waals surface area contributed by atoms with Crippen molar-refractivity contribution in [1.82, 2.24) is 5.32 Å². The Kier molecular flexibility index (Phi) is 4.79. The Hall–Kier alpha value is -1.71. The Morgan fingerprint density at radius 1 is 1.22 bits per heavy atom. The highest BCUT2D eigenvalue weighted by Gasteiger charge is 2.26. The zero-order chi connectivity index (χ0) is 16.3. The van der Waals surface area contributed by atoms with E-state index in [4.69, 9.17) is 16.3 Å². The number of ether oxygens (including phenoxy) is 1. The van der Waals surface area contributed by atoms with Crippen LogP contribution in [0.5, 0.6) is 5.75 Å². The molecule has 0 amide bonds. The summed E-state index contributed by atoms with van der Waals surface area (Å²) in [4.78, 5) is 0. The van der Waals surface area contributed by atoms with Gasteiger partial charge in [0.25, 0.3) is 0 Å². The fraction of sp³-hybridized carbons (Fsp3) is 0.368. The van der Waals surface area contributed by atoms with Gasteiger partial charge < -0.3 is 15.4 Å². The molecule has 0 spiro atoms. The van der Waals surface area contributed by atoms with E-state index in [1.165, 1.54) is 5.56 Å². The number of halogens is 1. The number of rotatable bonds is 5. The van der Waals surface area contributed by atoms with Crippen molar-refractivity contribution in [2.75, 3.05) is 18.4 Å². The molecule has 0 atom stereocenters. The molecule has 1 aliphatic rings. The van der Waals surface area contributed by atoms with Crippen molar-refractivity contribution < 1.29 is 4.74 Å². The predicted molar refractivity (Wildman–Crippen MR) is 96.5 cm³/mol. The molecule has 2 aromatic rings. The van der Waals surface area contributed by atoms with Crippen LogP contribution >= 0.6 is 11.6 Å². The second kappa shape index (κ2) is 6.81. The van der Waals surface area contributed by atoms with Gasteiger partial charge in [0, 0.05) is 11.6 Å². The predicted octanol–water partition coefficient (Wildman–Crippen LogP) is 4.26. The molecule has 0 saturated heterocycles. The van der Waals surface area contributed by atoms with E-state index in [2.05, 4.69) is 48.7 Å². The first-order valence-electron chi connectivity index (χ1n) is 8.03. The van der Waals surface area contributed by atoms with Crippen LogP contribution in [-0.4, -0.2) is 18.7 Å². The Morgan fingerprint density at radius 3 is 2.87 bits per heavy atom. The standard InChI is InChI=1S/C19H23ClN2O/c1-19(2)13-22-17-11-14(7-8-18(17)23-19)9-10-21-12-15-5-3-4-6-16(15)20/h3-8,11,21-22H,9-10,12-13H2,1-2H3. The fourth-order valence-electron chi connectivity index (χ4n) is 2.70. The molecule has 3 rings (SSSR count). The highest BCUT2D eigenvalue weighted by Crippen LogP contribution is 2.33. The summed E-state index contributed by atoms with van der Waals surface area (Å²) < 4.78 is 5.98.